The molecule has 3 saturated carbocycles. The van der Waals surface area contributed by atoms with Crippen LogP contribution in [-0.2, 0) is 14.4 Å². The number of alkyl halides is 3. The van der Waals surface area contributed by atoms with Crippen LogP contribution in [0.2, 0.25) is 0 Å². The molecule has 0 unspecified atom stereocenters. The summed E-state index contributed by atoms with van der Waals surface area (Å²) >= 11 is 0. The van der Waals surface area contributed by atoms with Crippen molar-refractivity contribution < 1.29 is 27.6 Å². The van der Waals surface area contributed by atoms with E-state index in [0.717, 1.165) is 50.5 Å². The number of rotatable bonds is 5. The highest BCUT2D eigenvalue weighted by atomic mass is 19.4. The highest BCUT2D eigenvalue weighted by Crippen LogP contribution is 2.74. The van der Waals surface area contributed by atoms with Crippen molar-refractivity contribution >= 4 is 17.3 Å². The highest BCUT2D eigenvalue weighted by molar-refractivity contribution is 6.01. The van der Waals surface area contributed by atoms with E-state index in [4.69, 9.17) is 6.57 Å². The van der Waals surface area contributed by atoms with Crippen LogP contribution in [0.4, 0.5) is 13.2 Å². The van der Waals surface area contributed by atoms with Crippen LogP contribution in [0.15, 0.2) is 23.4 Å². The molecular formula is C35H46F3NO3. The first-order valence-corrected chi connectivity index (χ1v) is 15.8. The number of hydrogen-bond acceptors (Lipinski definition) is 3. The molecule has 3 fully saturated rings. The number of halogens is 3. The van der Waals surface area contributed by atoms with E-state index in [-0.39, 0.29) is 74.8 Å². The van der Waals surface area contributed by atoms with E-state index in [9.17, 15) is 27.6 Å². The van der Waals surface area contributed by atoms with Gasteiger partial charge in [0.25, 0.3) is 0 Å². The molecule has 0 amide bonds. The van der Waals surface area contributed by atoms with E-state index in [1.54, 1.807) is 0 Å². The molecule has 8 atom stereocenters. The quantitative estimate of drug-likeness (QED) is 0.303. The van der Waals surface area contributed by atoms with Crippen LogP contribution in [0.3, 0.4) is 0 Å². The molecule has 0 saturated heterocycles. The molecule has 5 aliphatic carbocycles. The van der Waals surface area contributed by atoms with Gasteiger partial charge in [-0.2, -0.15) is 13.2 Å². The Labute approximate surface area is 248 Å². The lowest BCUT2D eigenvalue weighted by atomic mass is 9.34. The lowest BCUT2D eigenvalue weighted by Crippen LogP contribution is -2.64. The average molecular weight is 586 g/mol. The molecule has 0 radical (unpaired) electrons. The molecule has 0 aromatic rings. The molecular weight excluding hydrogens is 539 g/mol. The van der Waals surface area contributed by atoms with Crippen LogP contribution in [0, 0.1) is 57.3 Å². The molecule has 5 aliphatic rings. The summed E-state index contributed by atoms with van der Waals surface area (Å²) in [5, 5.41) is 0. The Balaban J connectivity index is 1.54. The summed E-state index contributed by atoms with van der Waals surface area (Å²) in [5.41, 5.74) is -0.117. The van der Waals surface area contributed by atoms with Gasteiger partial charge in [-0.25, -0.2) is 4.85 Å². The number of ketones is 3. The second kappa shape index (κ2) is 9.89. The van der Waals surface area contributed by atoms with Crippen molar-refractivity contribution in [1.82, 2.24) is 0 Å². The van der Waals surface area contributed by atoms with Gasteiger partial charge in [0.15, 0.2) is 11.6 Å². The van der Waals surface area contributed by atoms with Crippen molar-refractivity contribution in [3.05, 3.63) is 34.8 Å². The van der Waals surface area contributed by atoms with Gasteiger partial charge in [-0.05, 0) is 90.9 Å². The topological polar surface area (TPSA) is 55.6 Å². The Kier molecular flexibility index (Phi) is 7.35. The molecule has 0 spiro atoms. The third-order valence-corrected chi connectivity index (χ3v) is 13.3. The molecule has 0 aliphatic heterocycles. The number of carbonyl (C=O) groups excluding carboxylic acids is 3. The van der Waals surface area contributed by atoms with E-state index < -0.39 is 24.4 Å². The summed E-state index contributed by atoms with van der Waals surface area (Å²) in [6, 6.07) is 0. The Morgan fingerprint density at radius 1 is 1.00 bits per heavy atom. The number of fused-ring (bicyclic) bond motifs is 7. The molecule has 0 bridgehead atoms. The second-order valence-corrected chi connectivity index (χ2v) is 15.9. The van der Waals surface area contributed by atoms with Crippen LogP contribution in [0.5, 0.6) is 0 Å². The molecule has 42 heavy (non-hydrogen) atoms. The molecule has 230 valence electrons. The van der Waals surface area contributed by atoms with Gasteiger partial charge in [-0.15, -0.1) is 0 Å². The van der Waals surface area contributed by atoms with Crippen LogP contribution in [-0.4, -0.2) is 23.5 Å². The van der Waals surface area contributed by atoms with Crippen molar-refractivity contribution in [1.29, 1.82) is 0 Å². The van der Waals surface area contributed by atoms with E-state index in [2.05, 4.69) is 39.5 Å². The van der Waals surface area contributed by atoms with Gasteiger partial charge in [0.1, 0.15) is 5.78 Å². The summed E-state index contributed by atoms with van der Waals surface area (Å²) in [6.45, 7) is 20.8. The first-order chi connectivity index (χ1) is 19.3. The lowest BCUT2D eigenvalue weighted by molar-refractivity contribution is -0.171. The van der Waals surface area contributed by atoms with E-state index in [1.807, 2.05) is 19.1 Å². The molecule has 0 heterocycles. The van der Waals surface area contributed by atoms with Crippen molar-refractivity contribution in [2.24, 2.45) is 50.7 Å². The number of Topliss-reactive ketones (excluding diaryl/α,β-unsaturated/α-hetero) is 2. The molecule has 0 aromatic carbocycles. The summed E-state index contributed by atoms with van der Waals surface area (Å²) in [5.74, 6) is -0.715. The van der Waals surface area contributed by atoms with Gasteiger partial charge in [0.2, 0.25) is 5.70 Å². The van der Waals surface area contributed by atoms with Gasteiger partial charge in [0, 0.05) is 30.1 Å². The van der Waals surface area contributed by atoms with E-state index >= 15 is 0 Å². The van der Waals surface area contributed by atoms with Crippen molar-refractivity contribution in [2.75, 3.05) is 0 Å². The Morgan fingerprint density at radius 2 is 1.67 bits per heavy atom. The predicted molar refractivity (Wildman–Crippen MR) is 155 cm³/mol. The van der Waals surface area contributed by atoms with Gasteiger partial charge in [0.05, 0.1) is 13.0 Å². The maximum Gasteiger partial charge on any atom is 0.389 e. The minimum atomic E-state index is -4.34. The second-order valence-electron chi connectivity index (χ2n) is 15.9. The third kappa shape index (κ3) is 4.65. The van der Waals surface area contributed by atoms with Gasteiger partial charge >= 0.3 is 6.18 Å². The Hall–Kier alpha value is -2.23. The normalized spacial score (nSPS) is 42.7. The minimum absolute atomic E-state index is 0.0357. The average Bonchev–Trinajstić information content (AvgIpc) is 2.89. The van der Waals surface area contributed by atoms with Crippen LogP contribution < -0.4 is 0 Å². The zero-order valence-corrected chi connectivity index (χ0v) is 26.0. The van der Waals surface area contributed by atoms with Crippen molar-refractivity contribution in [2.45, 2.75) is 118 Å². The Morgan fingerprint density at radius 3 is 2.31 bits per heavy atom. The van der Waals surface area contributed by atoms with Crippen LogP contribution >= 0.6 is 0 Å². The summed E-state index contributed by atoms with van der Waals surface area (Å²) in [6.07, 6.45) is 4.68. The maximum absolute atomic E-state index is 14.5. The third-order valence-electron chi connectivity index (χ3n) is 13.3. The fourth-order valence-corrected chi connectivity index (χ4v) is 10.6. The molecule has 5 rings (SSSR count). The number of allylic oxidation sites excluding steroid dienone is 4. The van der Waals surface area contributed by atoms with Gasteiger partial charge in [-0.1, -0.05) is 53.2 Å². The highest BCUT2D eigenvalue weighted by Gasteiger charge is 2.68. The summed E-state index contributed by atoms with van der Waals surface area (Å²) in [7, 11) is 0. The standard InChI is InChI=1S/C35H46F3NO3/c1-21-23-10-11-32(5)27(31(23,4)20-25(39-7)29(21)42)18-26(41)28-24-19-30(2,3)14-16-34(24,17-15-33(28,32)6)12-8-22(40)9-13-35(36,37)38/h18,20-21,23-24,28H,8-17,19H2,1-6H3/t21-,23-,24-,28-,31-,32+,33+,34+/m0/s1. The van der Waals surface area contributed by atoms with Gasteiger partial charge in [-0.3, -0.25) is 9.59 Å². The van der Waals surface area contributed by atoms with Crippen molar-refractivity contribution in [3.63, 3.8) is 0 Å². The van der Waals surface area contributed by atoms with Crippen LogP contribution in [0.25, 0.3) is 4.85 Å². The van der Waals surface area contributed by atoms with Crippen molar-refractivity contribution in [3.8, 4) is 0 Å². The predicted octanol–water partition coefficient (Wildman–Crippen LogP) is 8.86. The van der Waals surface area contributed by atoms with Gasteiger partial charge < -0.3 is 4.79 Å². The fraction of sp³-hybridized carbons (Fsp3) is 0.771. The number of nitrogens with zero attached hydrogens (tertiary/aromatic N) is 1. The summed E-state index contributed by atoms with van der Waals surface area (Å²) < 4.78 is 38.4. The zero-order valence-electron chi connectivity index (χ0n) is 26.0. The summed E-state index contributed by atoms with van der Waals surface area (Å²) in [4.78, 5) is 43.7. The van der Waals surface area contributed by atoms with E-state index in [0.29, 0.717) is 6.42 Å². The lowest BCUT2D eigenvalue weighted by Gasteiger charge is -2.69. The first-order valence-electron chi connectivity index (χ1n) is 15.8. The van der Waals surface area contributed by atoms with E-state index in [1.165, 1.54) is 0 Å². The maximum atomic E-state index is 14.5. The molecule has 4 nitrogen and oxygen atoms in total. The zero-order chi connectivity index (χ0) is 31.1. The smallest absolute Gasteiger partial charge is 0.308 e. The molecule has 7 heteroatoms. The molecule has 0 aromatic heterocycles. The number of carbonyl (C=O) groups is 3. The minimum Gasteiger partial charge on any atom is -0.308 e. The first kappa shape index (κ1) is 31.2. The number of hydrogen-bond donors (Lipinski definition) is 0. The monoisotopic (exact) mass is 585 g/mol. The Bertz CT molecular complexity index is 1300. The molecule has 0 N–H and O–H groups in total. The SMILES string of the molecule is [C-]#[N+]C1=C[C@]2(C)C3=CC(=O)[C@@H]4[C@@H]5CC(C)(C)CC[C@]5(CCC(=O)CCC(F)(F)F)CC[C@@]4(C)[C@]3(C)CC[C@H]2[C@H](C)C1=O. The largest absolute Gasteiger partial charge is 0.389 e. The fourth-order valence-electron chi connectivity index (χ4n) is 10.6. The van der Waals surface area contributed by atoms with Crippen LogP contribution in [0.1, 0.15) is 112 Å².